The number of benzene rings is 2. The summed E-state index contributed by atoms with van der Waals surface area (Å²) >= 11 is 5.16. The van der Waals surface area contributed by atoms with E-state index < -0.39 is 0 Å². The lowest BCUT2D eigenvalue weighted by molar-refractivity contribution is -0.118. The highest BCUT2D eigenvalue weighted by molar-refractivity contribution is 9.10. The highest BCUT2D eigenvalue weighted by Gasteiger charge is 2.22. The van der Waals surface area contributed by atoms with Crippen molar-refractivity contribution in [3.63, 3.8) is 0 Å². The van der Waals surface area contributed by atoms with E-state index in [4.69, 9.17) is 0 Å². The molecule has 0 spiro atoms. The minimum absolute atomic E-state index is 0.0934. The maximum absolute atomic E-state index is 12.7. The molecule has 1 aliphatic rings. The number of aromatic amines is 1. The van der Waals surface area contributed by atoms with Gasteiger partial charge in [-0.3, -0.25) is 4.79 Å². The lowest BCUT2D eigenvalue weighted by Gasteiger charge is -2.23. The van der Waals surface area contributed by atoms with E-state index in [0.29, 0.717) is 5.75 Å². The van der Waals surface area contributed by atoms with Crippen LogP contribution in [0.4, 0.5) is 0 Å². The largest absolute Gasteiger partial charge is 0.361 e. The number of fused-ring (bicyclic) bond motifs is 1. The SMILES string of the molecule is O=C(CSCc1c[nH]c2ccccc12)C1CC(c2ccc(Br)cc2)=CCN1. The third kappa shape index (κ3) is 4.37. The molecule has 1 aliphatic heterocycles. The maximum Gasteiger partial charge on any atom is 0.159 e. The second kappa shape index (κ2) is 8.46. The molecule has 1 unspecified atom stereocenters. The Balaban J connectivity index is 1.33. The van der Waals surface area contributed by atoms with Crippen molar-refractivity contribution < 1.29 is 4.79 Å². The van der Waals surface area contributed by atoms with Crippen LogP contribution >= 0.6 is 27.7 Å². The van der Waals surface area contributed by atoms with Crippen LogP contribution in [-0.2, 0) is 10.5 Å². The number of thioether (sulfide) groups is 1. The predicted molar refractivity (Wildman–Crippen MR) is 118 cm³/mol. The first kappa shape index (κ1) is 18.5. The number of halogens is 1. The Hall–Kier alpha value is -1.82. The Kier molecular flexibility index (Phi) is 5.81. The molecule has 138 valence electrons. The van der Waals surface area contributed by atoms with Crippen LogP contribution in [0.15, 0.2) is 65.3 Å². The fraction of sp³-hybridized carbons (Fsp3) is 0.227. The van der Waals surface area contributed by atoms with Crippen LogP contribution in [-0.4, -0.2) is 29.1 Å². The van der Waals surface area contributed by atoms with Gasteiger partial charge in [-0.1, -0.05) is 52.3 Å². The van der Waals surface area contributed by atoms with Crippen molar-refractivity contribution in [2.45, 2.75) is 18.2 Å². The van der Waals surface area contributed by atoms with Gasteiger partial charge in [-0.25, -0.2) is 0 Å². The molecule has 2 heterocycles. The van der Waals surface area contributed by atoms with Gasteiger partial charge in [0.1, 0.15) is 0 Å². The van der Waals surface area contributed by atoms with E-state index in [9.17, 15) is 4.79 Å². The number of ketones is 1. The van der Waals surface area contributed by atoms with Gasteiger partial charge in [0.05, 0.1) is 11.8 Å². The fourth-order valence-corrected chi connectivity index (χ4v) is 4.67. The molecule has 1 atom stereocenters. The zero-order valence-corrected chi connectivity index (χ0v) is 17.3. The number of carbonyl (C=O) groups excluding carboxylic acids is 1. The van der Waals surface area contributed by atoms with Gasteiger partial charge in [0.2, 0.25) is 0 Å². The molecule has 0 aliphatic carbocycles. The van der Waals surface area contributed by atoms with Gasteiger partial charge < -0.3 is 10.3 Å². The maximum atomic E-state index is 12.7. The predicted octanol–water partition coefficient (Wildman–Crippen LogP) is 5.18. The van der Waals surface area contributed by atoms with Crippen LogP contribution in [0.3, 0.4) is 0 Å². The summed E-state index contributed by atoms with van der Waals surface area (Å²) in [4.78, 5) is 16.0. The van der Waals surface area contributed by atoms with Crippen molar-refractivity contribution >= 4 is 50.0 Å². The van der Waals surface area contributed by atoms with Crippen LogP contribution < -0.4 is 5.32 Å². The third-order valence-corrected chi connectivity index (χ3v) is 6.45. The van der Waals surface area contributed by atoms with Crippen molar-refractivity contribution in [1.82, 2.24) is 10.3 Å². The number of H-pyrrole nitrogens is 1. The van der Waals surface area contributed by atoms with Gasteiger partial charge in [0, 0.05) is 33.9 Å². The lowest BCUT2D eigenvalue weighted by Crippen LogP contribution is -2.40. The van der Waals surface area contributed by atoms with Crippen molar-refractivity contribution in [2.24, 2.45) is 0 Å². The molecule has 3 aromatic rings. The van der Waals surface area contributed by atoms with Gasteiger partial charge in [-0.2, -0.15) is 0 Å². The molecule has 0 saturated heterocycles. The summed E-state index contributed by atoms with van der Waals surface area (Å²) in [7, 11) is 0. The Labute approximate surface area is 171 Å². The van der Waals surface area contributed by atoms with Crippen LogP contribution in [0.2, 0.25) is 0 Å². The highest BCUT2D eigenvalue weighted by Crippen LogP contribution is 2.26. The highest BCUT2D eigenvalue weighted by atomic mass is 79.9. The molecular formula is C22H21BrN2OS. The normalized spacial score (nSPS) is 17.1. The molecule has 0 saturated carbocycles. The average molecular weight is 441 g/mol. The summed E-state index contributed by atoms with van der Waals surface area (Å²) in [6.45, 7) is 0.745. The average Bonchev–Trinajstić information content (AvgIpc) is 3.12. The van der Waals surface area contributed by atoms with E-state index in [-0.39, 0.29) is 11.8 Å². The molecule has 27 heavy (non-hydrogen) atoms. The molecule has 3 nitrogen and oxygen atoms in total. The van der Waals surface area contributed by atoms with Crippen LogP contribution in [0.25, 0.3) is 16.5 Å². The zero-order chi connectivity index (χ0) is 18.6. The number of hydrogen-bond donors (Lipinski definition) is 2. The van der Waals surface area contributed by atoms with E-state index >= 15 is 0 Å². The standard InChI is InChI=1S/C22H21BrN2OS/c23-18-7-5-15(6-8-18)16-9-10-24-21(11-16)22(26)14-27-13-17-12-25-20-4-2-1-3-19(17)20/h1-9,12,21,24-25H,10-11,13-14H2. The Morgan fingerprint density at radius 1 is 1.15 bits per heavy atom. The van der Waals surface area contributed by atoms with Gasteiger partial charge in [-0.15, -0.1) is 11.8 Å². The number of aromatic nitrogens is 1. The first-order valence-corrected chi connectivity index (χ1v) is 11.0. The number of rotatable bonds is 6. The summed E-state index contributed by atoms with van der Waals surface area (Å²) < 4.78 is 1.07. The van der Waals surface area contributed by atoms with Gasteiger partial charge in [0.25, 0.3) is 0 Å². The fourth-order valence-electron chi connectivity index (χ4n) is 3.44. The number of para-hydroxylation sites is 1. The van der Waals surface area contributed by atoms with Crippen molar-refractivity contribution in [3.8, 4) is 0 Å². The van der Waals surface area contributed by atoms with E-state index in [0.717, 1.165) is 28.7 Å². The molecule has 0 amide bonds. The first-order chi connectivity index (χ1) is 13.2. The summed E-state index contributed by atoms with van der Waals surface area (Å²) in [5.41, 5.74) is 4.86. The number of hydrogen-bond acceptors (Lipinski definition) is 3. The monoisotopic (exact) mass is 440 g/mol. The molecule has 2 N–H and O–H groups in total. The molecule has 0 radical (unpaired) electrons. The zero-order valence-electron chi connectivity index (χ0n) is 14.9. The number of carbonyl (C=O) groups is 1. The van der Waals surface area contributed by atoms with Crippen molar-refractivity contribution in [3.05, 3.63) is 76.4 Å². The Morgan fingerprint density at radius 2 is 1.96 bits per heavy atom. The Bertz CT molecular complexity index is 977. The lowest BCUT2D eigenvalue weighted by atomic mass is 9.94. The molecule has 4 rings (SSSR count). The van der Waals surface area contributed by atoms with Crippen LogP contribution in [0.1, 0.15) is 17.5 Å². The molecule has 1 aromatic heterocycles. The summed E-state index contributed by atoms with van der Waals surface area (Å²) in [5.74, 6) is 1.66. The van der Waals surface area contributed by atoms with Crippen LogP contribution in [0.5, 0.6) is 0 Å². The molecule has 5 heteroatoms. The second-order valence-corrected chi connectivity index (χ2v) is 8.62. The summed E-state index contributed by atoms with van der Waals surface area (Å²) in [5, 5.41) is 4.59. The Morgan fingerprint density at radius 3 is 2.81 bits per heavy atom. The second-order valence-electron chi connectivity index (χ2n) is 6.72. The number of Topliss-reactive ketones (excluding diaryl/α,β-unsaturated/α-hetero) is 1. The third-order valence-electron chi connectivity index (χ3n) is 4.92. The minimum atomic E-state index is -0.0934. The first-order valence-electron chi connectivity index (χ1n) is 9.04. The van der Waals surface area contributed by atoms with Gasteiger partial charge >= 0.3 is 0 Å². The summed E-state index contributed by atoms with van der Waals surface area (Å²) in [6, 6.07) is 16.5. The topological polar surface area (TPSA) is 44.9 Å². The van der Waals surface area contributed by atoms with E-state index in [1.54, 1.807) is 11.8 Å². The summed E-state index contributed by atoms with van der Waals surface area (Å²) in [6.07, 6.45) is 5.00. The van der Waals surface area contributed by atoms with Crippen LogP contribution in [0, 0.1) is 0 Å². The molecule has 0 fully saturated rings. The number of nitrogens with one attached hydrogen (secondary N) is 2. The van der Waals surface area contributed by atoms with Gasteiger partial charge in [-0.05, 0) is 41.3 Å². The van der Waals surface area contributed by atoms with Gasteiger partial charge in [0.15, 0.2) is 5.78 Å². The van der Waals surface area contributed by atoms with E-state index in [1.807, 2.05) is 18.2 Å². The van der Waals surface area contributed by atoms with Crippen molar-refractivity contribution in [2.75, 3.05) is 12.3 Å². The quantitative estimate of drug-likeness (QED) is 0.554. The molecular weight excluding hydrogens is 420 g/mol. The van der Waals surface area contributed by atoms with E-state index in [1.165, 1.54) is 22.1 Å². The van der Waals surface area contributed by atoms with Crippen molar-refractivity contribution in [1.29, 1.82) is 0 Å². The molecule has 0 bridgehead atoms. The minimum Gasteiger partial charge on any atom is -0.361 e. The van der Waals surface area contributed by atoms with E-state index in [2.05, 4.69) is 68.8 Å². The molecule has 2 aromatic carbocycles. The smallest absolute Gasteiger partial charge is 0.159 e.